The molecule has 226 valence electrons. The number of pyridine rings is 1. The van der Waals surface area contributed by atoms with Gasteiger partial charge in [-0.1, -0.05) is 36.4 Å². The van der Waals surface area contributed by atoms with Gasteiger partial charge in [-0.15, -0.1) is 0 Å². The first-order chi connectivity index (χ1) is 21.5. The van der Waals surface area contributed by atoms with Crippen LogP contribution in [-0.2, 0) is 13.5 Å². The SMILES string of the molecule is COc1c(OCCCN2CCCC2)ccc2c(Oc3ccc(-c4cnc(Cc5ccccc5)n(C)c4=O)cc3F)ccnc12. The van der Waals surface area contributed by atoms with Crippen LogP contribution < -0.4 is 19.8 Å². The van der Waals surface area contributed by atoms with Crippen molar-refractivity contribution in [2.75, 3.05) is 33.4 Å². The number of halogens is 1. The molecule has 1 aliphatic rings. The first kappa shape index (κ1) is 29.3. The number of nitrogens with zero attached hydrogens (tertiary/aromatic N) is 4. The third-order valence-corrected chi connectivity index (χ3v) is 8.00. The van der Waals surface area contributed by atoms with Gasteiger partial charge in [0.15, 0.2) is 23.1 Å². The van der Waals surface area contributed by atoms with Gasteiger partial charge in [-0.25, -0.2) is 9.37 Å². The molecule has 3 heterocycles. The van der Waals surface area contributed by atoms with E-state index in [1.807, 2.05) is 42.5 Å². The van der Waals surface area contributed by atoms with Crippen molar-refractivity contribution in [3.63, 3.8) is 0 Å². The summed E-state index contributed by atoms with van der Waals surface area (Å²) >= 11 is 0. The first-order valence-electron chi connectivity index (χ1n) is 14.9. The summed E-state index contributed by atoms with van der Waals surface area (Å²) in [7, 11) is 3.26. The lowest BCUT2D eigenvalue weighted by molar-refractivity contribution is 0.255. The molecule has 44 heavy (non-hydrogen) atoms. The van der Waals surface area contributed by atoms with Gasteiger partial charge in [-0.3, -0.25) is 14.3 Å². The van der Waals surface area contributed by atoms with Gasteiger partial charge < -0.3 is 19.1 Å². The van der Waals surface area contributed by atoms with Crippen LogP contribution in [0.15, 0.2) is 83.9 Å². The Morgan fingerprint density at radius 1 is 0.932 bits per heavy atom. The van der Waals surface area contributed by atoms with E-state index in [2.05, 4.69) is 14.9 Å². The lowest BCUT2D eigenvalue weighted by Crippen LogP contribution is -2.23. The fourth-order valence-corrected chi connectivity index (χ4v) is 5.61. The number of rotatable bonds is 11. The summed E-state index contributed by atoms with van der Waals surface area (Å²) in [5.74, 6) is 1.57. The molecule has 6 rings (SSSR count). The normalized spacial score (nSPS) is 13.3. The summed E-state index contributed by atoms with van der Waals surface area (Å²) in [6.07, 6.45) is 7.08. The molecule has 0 bridgehead atoms. The molecule has 0 saturated carbocycles. The van der Waals surface area contributed by atoms with Gasteiger partial charge >= 0.3 is 0 Å². The highest BCUT2D eigenvalue weighted by molar-refractivity contribution is 5.92. The molecule has 0 atom stereocenters. The first-order valence-corrected chi connectivity index (χ1v) is 14.9. The number of benzene rings is 3. The van der Waals surface area contributed by atoms with Crippen molar-refractivity contribution in [1.82, 2.24) is 19.4 Å². The van der Waals surface area contributed by atoms with Crippen molar-refractivity contribution >= 4 is 10.9 Å². The van der Waals surface area contributed by atoms with E-state index in [1.54, 1.807) is 32.5 Å². The van der Waals surface area contributed by atoms with Crippen LogP contribution in [0, 0.1) is 5.82 Å². The van der Waals surface area contributed by atoms with Crippen LogP contribution in [0.2, 0.25) is 0 Å². The monoisotopic (exact) mass is 594 g/mol. The fraction of sp³-hybridized carbons (Fsp3) is 0.286. The highest BCUT2D eigenvalue weighted by atomic mass is 19.1. The highest BCUT2D eigenvalue weighted by Crippen LogP contribution is 2.39. The van der Waals surface area contributed by atoms with E-state index >= 15 is 4.39 Å². The number of aromatic nitrogens is 3. The van der Waals surface area contributed by atoms with Crippen LogP contribution in [0.5, 0.6) is 23.0 Å². The summed E-state index contributed by atoms with van der Waals surface area (Å²) < 4.78 is 34.7. The van der Waals surface area contributed by atoms with Crippen LogP contribution in [0.1, 0.15) is 30.7 Å². The topological polar surface area (TPSA) is 78.7 Å². The standard InChI is InChI=1S/C35H35FN4O4/c1-39-32(21-24-9-4-3-5-10-24)38-23-27(35(39)41)25-11-13-30(28(36)22-25)44-29-15-16-37-33-26(29)12-14-31(34(33)42-2)43-20-8-19-40-17-6-7-18-40/h3-5,9-16,22-23H,6-8,17-21H2,1-2H3. The van der Waals surface area contributed by atoms with E-state index in [-0.39, 0.29) is 11.3 Å². The van der Waals surface area contributed by atoms with Crippen LogP contribution in [0.25, 0.3) is 22.0 Å². The minimum Gasteiger partial charge on any atom is -0.491 e. The predicted molar refractivity (Wildman–Crippen MR) is 168 cm³/mol. The molecule has 0 spiro atoms. The number of likely N-dealkylation sites (tertiary alicyclic amines) is 1. The van der Waals surface area contributed by atoms with E-state index in [4.69, 9.17) is 14.2 Å². The van der Waals surface area contributed by atoms with Crippen molar-refractivity contribution in [2.24, 2.45) is 7.05 Å². The smallest absolute Gasteiger partial charge is 0.261 e. The Bertz CT molecular complexity index is 1820. The van der Waals surface area contributed by atoms with Crippen molar-refractivity contribution in [3.8, 4) is 34.1 Å². The quantitative estimate of drug-likeness (QED) is 0.164. The Morgan fingerprint density at radius 3 is 2.50 bits per heavy atom. The number of hydrogen-bond donors (Lipinski definition) is 0. The number of fused-ring (bicyclic) bond motifs is 1. The largest absolute Gasteiger partial charge is 0.491 e. The molecule has 0 unspecified atom stereocenters. The number of methoxy groups -OCH3 is 1. The second kappa shape index (κ2) is 13.3. The zero-order valence-corrected chi connectivity index (χ0v) is 25.0. The molecule has 1 aliphatic heterocycles. The van der Waals surface area contributed by atoms with E-state index in [9.17, 15) is 4.79 Å². The van der Waals surface area contributed by atoms with Gasteiger partial charge in [0.25, 0.3) is 5.56 Å². The Morgan fingerprint density at radius 2 is 1.73 bits per heavy atom. The Kier molecular flexibility index (Phi) is 8.84. The summed E-state index contributed by atoms with van der Waals surface area (Å²) in [5.41, 5.74) is 2.08. The molecular weight excluding hydrogens is 559 g/mol. The third kappa shape index (κ3) is 6.28. The zero-order chi connectivity index (χ0) is 30.5. The third-order valence-electron chi connectivity index (χ3n) is 8.00. The Hall–Kier alpha value is -4.76. The average Bonchev–Trinajstić information content (AvgIpc) is 3.57. The summed E-state index contributed by atoms with van der Waals surface area (Å²) in [4.78, 5) is 24.6. The van der Waals surface area contributed by atoms with Crippen LogP contribution in [-0.4, -0.2) is 52.8 Å². The summed E-state index contributed by atoms with van der Waals surface area (Å²) in [6.45, 7) is 3.90. The van der Waals surface area contributed by atoms with Crippen molar-refractivity contribution in [1.29, 1.82) is 0 Å². The van der Waals surface area contributed by atoms with Crippen LogP contribution >= 0.6 is 0 Å². The lowest BCUT2D eigenvalue weighted by atomic mass is 10.1. The maximum Gasteiger partial charge on any atom is 0.261 e. The molecule has 0 N–H and O–H groups in total. The van der Waals surface area contributed by atoms with Crippen molar-refractivity contribution in [2.45, 2.75) is 25.7 Å². The molecule has 9 heteroatoms. The van der Waals surface area contributed by atoms with Crippen LogP contribution in [0.3, 0.4) is 0 Å². The summed E-state index contributed by atoms with van der Waals surface area (Å²) in [6, 6.07) is 19.6. The fourth-order valence-electron chi connectivity index (χ4n) is 5.61. The second-order valence-electron chi connectivity index (χ2n) is 10.9. The highest BCUT2D eigenvalue weighted by Gasteiger charge is 2.18. The van der Waals surface area contributed by atoms with Crippen molar-refractivity contribution < 1.29 is 18.6 Å². The molecule has 2 aromatic heterocycles. The molecule has 0 radical (unpaired) electrons. The van der Waals surface area contributed by atoms with Gasteiger partial charge in [0.2, 0.25) is 0 Å². The van der Waals surface area contributed by atoms with E-state index in [1.165, 1.54) is 35.7 Å². The molecular formula is C35H35FN4O4. The molecule has 1 fully saturated rings. The van der Waals surface area contributed by atoms with Gasteiger partial charge in [0.05, 0.1) is 19.3 Å². The average molecular weight is 595 g/mol. The maximum atomic E-state index is 15.4. The Balaban J connectivity index is 1.19. The van der Waals surface area contributed by atoms with E-state index in [0.29, 0.717) is 58.1 Å². The molecule has 5 aromatic rings. The second-order valence-corrected chi connectivity index (χ2v) is 10.9. The number of ether oxygens (including phenoxy) is 3. The molecule has 3 aromatic carbocycles. The molecule has 0 amide bonds. The van der Waals surface area contributed by atoms with E-state index in [0.717, 1.165) is 31.6 Å². The van der Waals surface area contributed by atoms with Crippen molar-refractivity contribution in [3.05, 3.63) is 107 Å². The van der Waals surface area contributed by atoms with Gasteiger partial charge in [-0.05, 0) is 73.8 Å². The maximum absolute atomic E-state index is 15.4. The van der Waals surface area contributed by atoms with Gasteiger partial charge in [-0.2, -0.15) is 0 Å². The van der Waals surface area contributed by atoms with E-state index < -0.39 is 5.82 Å². The number of hydrogen-bond acceptors (Lipinski definition) is 7. The molecule has 8 nitrogen and oxygen atoms in total. The van der Waals surface area contributed by atoms with Gasteiger partial charge in [0, 0.05) is 37.8 Å². The minimum absolute atomic E-state index is 0.0212. The lowest BCUT2D eigenvalue weighted by Gasteiger charge is -2.17. The molecule has 1 saturated heterocycles. The molecule has 0 aliphatic carbocycles. The van der Waals surface area contributed by atoms with Crippen LogP contribution in [0.4, 0.5) is 4.39 Å². The zero-order valence-electron chi connectivity index (χ0n) is 25.0. The minimum atomic E-state index is -0.604. The summed E-state index contributed by atoms with van der Waals surface area (Å²) in [5, 5.41) is 0.657. The predicted octanol–water partition coefficient (Wildman–Crippen LogP) is 6.39. The van der Waals surface area contributed by atoms with Gasteiger partial charge in [0.1, 0.15) is 17.1 Å². The Labute approximate surface area is 255 Å².